The molecule has 0 saturated heterocycles. The van der Waals surface area contributed by atoms with Crippen molar-refractivity contribution >= 4 is 22.5 Å². The van der Waals surface area contributed by atoms with Gasteiger partial charge in [0.05, 0.1) is 28.6 Å². The second kappa shape index (κ2) is 8.73. The molecule has 0 amide bonds. The predicted molar refractivity (Wildman–Crippen MR) is 132 cm³/mol. The molecule has 2 aromatic heterocycles. The minimum absolute atomic E-state index is 0.0312. The molecular weight excluding hydrogens is 463 g/mol. The van der Waals surface area contributed by atoms with E-state index in [1.165, 1.54) is 12.1 Å². The van der Waals surface area contributed by atoms with E-state index in [-0.39, 0.29) is 23.1 Å². The number of aromatic nitrogens is 4. The topological polar surface area (TPSA) is 108 Å². The van der Waals surface area contributed by atoms with E-state index in [4.69, 9.17) is 4.74 Å². The largest absolute Gasteiger partial charge is 0.493 e. The third-order valence-electron chi connectivity index (χ3n) is 6.09. The van der Waals surface area contributed by atoms with Gasteiger partial charge in [-0.2, -0.15) is 4.98 Å². The second-order valence-electron chi connectivity index (χ2n) is 8.31. The van der Waals surface area contributed by atoms with Crippen molar-refractivity contribution in [2.45, 2.75) is 12.5 Å². The van der Waals surface area contributed by atoms with Crippen molar-refractivity contribution in [1.29, 1.82) is 0 Å². The summed E-state index contributed by atoms with van der Waals surface area (Å²) < 4.78 is 21.4. The number of imidazole rings is 1. The van der Waals surface area contributed by atoms with Gasteiger partial charge in [-0.15, -0.1) is 0 Å². The van der Waals surface area contributed by atoms with Gasteiger partial charge in [0.2, 0.25) is 11.8 Å². The van der Waals surface area contributed by atoms with Gasteiger partial charge in [0, 0.05) is 17.5 Å². The molecule has 3 heterocycles. The molecule has 0 fully saturated rings. The average molecular weight is 482 g/mol. The van der Waals surface area contributed by atoms with Gasteiger partial charge in [-0.1, -0.05) is 42.5 Å². The molecule has 1 atom stereocenters. The number of hydrogen-bond acceptors (Lipinski definition) is 7. The van der Waals surface area contributed by atoms with Crippen molar-refractivity contribution in [3.8, 4) is 23.0 Å². The lowest BCUT2D eigenvalue weighted by Gasteiger charge is -2.27. The van der Waals surface area contributed by atoms with Crippen molar-refractivity contribution in [1.82, 2.24) is 19.5 Å². The quantitative estimate of drug-likeness (QED) is 0.262. The summed E-state index contributed by atoms with van der Waals surface area (Å²) in [6, 6.07) is 20.2. The first-order chi connectivity index (χ1) is 17.6. The Kier molecular flexibility index (Phi) is 5.25. The lowest BCUT2D eigenvalue weighted by atomic mass is 10.00. The fourth-order valence-electron chi connectivity index (χ4n) is 4.42. The van der Waals surface area contributed by atoms with Crippen molar-refractivity contribution in [2.24, 2.45) is 0 Å². The highest BCUT2D eigenvalue weighted by atomic mass is 19.1. The summed E-state index contributed by atoms with van der Waals surface area (Å²) in [4.78, 5) is 25.5. The molecule has 0 aliphatic carbocycles. The fraction of sp³-hybridized carbons (Fsp3) is 0.115. The molecule has 3 aromatic carbocycles. The van der Waals surface area contributed by atoms with E-state index in [1.807, 2.05) is 30.3 Å². The zero-order valence-electron chi connectivity index (χ0n) is 18.8. The SMILES string of the molecule is O=[N+]([O-])c1c(NC2CCOc3ccc(F)cc32)nc(-n2cnc3ccccc32)nc1-c1ccccc1. The maximum atomic E-state index is 14.1. The normalized spacial score (nSPS) is 14.8. The van der Waals surface area contributed by atoms with Crippen LogP contribution in [0.2, 0.25) is 0 Å². The van der Waals surface area contributed by atoms with Gasteiger partial charge in [-0.3, -0.25) is 14.7 Å². The fourth-order valence-corrected chi connectivity index (χ4v) is 4.42. The van der Waals surface area contributed by atoms with Crippen LogP contribution in [0.3, 0.4) is 0 Å². The molecule has 36 heavy (non-hydrogen) atoms. The summed E-state index contributed by atoms with van der Waals surface area (Å²) in [6.45, 7) is 0.375. The number of anilines is 1. The van der Waals surface area contributed by atoms with Crippen LogP contribution in [0.1, 0.15) is 18.0 Å². The molecule has 1 unspecified atom stereocenters. The monoisotopic (exact) mass is 482 g/mol. The van der Waals surface area contributed by atoms with Gasteiger partial charge < -0.3 is 10.1 Å². The van der Waals surface area contributed by atoms with Gasteiger partial charge >= 0.3 is 5.69 Å². The number of benzene rings is 3. The standard InChI is InChI=1S/C26H19FN6O3/c27-17-10-11-22-18(14-17)19(12-13-36-22)29-25-24(33(34)35)23(16-6-2-1-3-7-16)30-26(31-25)32-15-28-20-8-4-5-9-21(20)32/h1-11,14-15,19H,12-13H2,(H,29,30,31). The molecule has 5 aromatic rings. The van der Waals surface area contributed by atoms with Crippen LogP contribution in [0.4, 0.5) is 15.9 Å². The van der Waals surface area contributed by atoms with E-state index < -0.39 is 16.8 Å². The second-order valence-corrected chi connectivity index (χ2v) is 8.31. The molecule has 1 aliphatic heterocycles. The van der Waals surface area contributed by atoms with E-state index in [0.717, 1.165) is 11.0 Å². The Morgan fingerprint density at radius 3 is 2.69 bits per heavy atom. The number of para-hydroxylation sites is 2. The minimum Gasteiger partial charge on any atom is -0.493 e. The van der Waals surface area contributed by atoms with Gasteiger partial charge in [0.25, 0.3) is 0 Å². The Morgan fingerprint density at radius 1 is 1.06 bits per heavy atom. The highest BCUT2D eigenvalue weighted by molar-refractivity contribution is 5.80. The van der Waals surface area contributed by atoms with Crippen molar-refractivity contribution in [3.05, 3.63) is 101 Å². The molecule has 9 nitrogen and oxygen atoms in total. The van der Waals surface area contributed by atoms with Crippen molar-refractivity contribution in [3.63, 3.8) is 0 Å². The number of rotatable bonds is 5. The average Bonchev–Trinajstić information content (AvgIpc) is 3.33. The summed E-state index contributed by atoms with van der Waals surface area (Å²) in [5.74, 6) is 0.366. The summed E-state index contributed by atoms with van der Waals surface area (Å²) in [7, 11) is 0. The molecule has 0 saturated carbocycles. The zero-order chi connectivity index (χ0) is 24.6. The summed E-state index contributed by atoms with van der Waals surface area (Å²) in [6.07, 6.45) is 2.06. The predicted octanol–water partition coefficient (Wildman–Crippen LogP) is 5.47. The molecule has 0 spiro atoms. The first-order valence-electron chi connectivity index (χ1n) is 11.3. The highest BCUT2D eigenvalue weighted by Crippen LogP contribution is 2.40. The summed E-state index contributed by atoms with van der Waals surface area (Å²) >= 11 is 0. The van der Waals surface area contributed by atoms with E-state index in [9.17, 15) is 14.5 Å². The number of nitrogens with zero attached hydrogens (tertiary/aromatic N) is 5. The number of ether oxygens (including phenoxy) is 1. The van der Waals surface area contributed by atoms with Crippen LogP contribution in [0.25, 0.3) is 28.2 Å². The third kappa shape index (κ3) is 3.78. The Balaban J connectivity index is 1.56. The van der Waals surface area contributed by atoms with Crippen LogP contribution < -0.4 is 10.1 Å². The molecule has 6 rings (SSSR count). The Bertz CT molecular complexity index is 1600. The van der Waals surface area contributed by atoms with Crippen LogP contribution in [0.15, 0.2) is 79.1 Å². The molecular formula is C26H19FN6O3. The number of nitrogens with one attached hydrogen (secondary N) is 1. The van der Waals surface area contributed by atoms with Gasteiger partial charge in [0.1, 0.15) is 17.9 Å². The molecule has 1 N–H and O–H groups in total. The van der Waals surface area contributed by atoms with E-state index in [0.29, 0.717) is 29.9 Å². The van der Waals surface area contributed by atoms with E-state index in [1.54, 1.807) is 41.2 Å². The Morgan fingerprint density at radius 2 is 1.86 bits per heavy atom. The number of hydrogen-bond donors (Lipinski definition) is 1. The van der Waals surface area contributed by atoms with Crippen LogP contribution in [-0.4, -0.2) is 31.0 Å². The molecule has 0 radical (unpaired) electrons. The summed E-state index contributed by atoms with van der Waals surface area (Å²) in [5, 5.41) is 15.6. The van der Waals surface area contributed by atoms with Crippen LogP contribution in [-0.2, 0) is 0 Å². The van der Waals surface area contributed by atoms with Crippen LogP contribution in [0.5, 0.6) is 5.75 Å². The van der Waals surface area contributed by atoms with Gasteiger partial charge in [-0.05, 0) is 30.3 Å². The minimum atomic E-state index is -0.494. The number of fused-ring (bicyclic) bond motifs is 2. The van der Waals surface area contributed by atoms with Crippen LogP contribution in [0, 0.1) is 15.9 Å². The Hall–Kier alpha value is -4.86. The Labute approximate surface area is 204 Å². The van der Waals surface area contributed by atoms with Crippen molar-refractivity contribution < 1.29 is 14.1 Å². The summed E-state index contributed by atoms with van der Waals surface area (Å²) in [5.41, 5.74) is 2.54. The number of halogens is 1. The lowest BCUT2D eigenvalue weighted by molar-refractivity contribution is -0.383. The third-order valence-corrected chi connectivity index (χ3v) is 6.09. The number of nitro groups is 1. The first kappa shape index (κ1) is 21.7. The van der Waals surface area contributed by atoms with Crippen LogP contribution >= 0.6 is 0 Å². The maximum Gasteiger partial charge on any atom is 0.337 e. The smallest absolute Gasteiger partial charge is 0.337 e. The molecule has 0 bridgehead atoms. The zero-order valence-corrected chi connectivity index (χ0v) is 18.8. The molecule has 178 valence electrons. The van der Waals surface area contributed by atoms with Crippen molar-refractivity contribution in [2.75, 3.05) is 11.9 Å². The van der Waals surface area contributed by atoms with Gasteiger partial charge in [-0.25, -0.2) is 14.4 Å². The highest BCUT2D eigenvalue weighted by Gasteiger charge is 2.30. The maximum absolute atomic E-state index is 14.1. The molecule has 1 aliphatic rings. The van der Waals surface area contributed by atoms with E-state index in [2.05, 4.69) is 20.3 Å². The first-order valence-corrected chi connectivity index (χ1v) is 11.3. The molecule has 10 heteroatoms. The van der Waals surface area contributed by atoms with Gasteiger partial charge in [0.15, 0.2) is 5.69 Å². The lowest BCUT2D eigenvalue weighted by Crippen LogP contribution is -2.22. The van der Waals surface area contributed by atoms with E-state index >= 15 is 0 Å².